The smallest absolute Gasteiger partial charge is 0.305 e. The summed E-state index contributed by atoms with van der Waals surface area (Å²) in [7, 11) is 0. The summed E-state index contributed by atoms with van der Waals surface area (Å²) in [6.45, 7) is 3.98. The van der Waals surface area contributed by atoms with Gasteiger partial charge in [0, 0.05) is 22.3 Å². The molecular weight excluding hydrogens is 759 g/mol. The molecule has 0 atom stereocenters. The van der Waals surface area contributed by atoms with Crippen LogP contribution in [0.25, 0.3) is 53.9 Å². The van der Waals surface area contributed by atoms with Crippen molar-refractivity contribution in [3.05, 3.63) is 175 Å². The summed E-state index contributed by atoms with van der Waals surface area (Å²) in [4.78, 5) is 13.2. The number of thiophene rings is 1. The number of hydrogen-bond acceptors (Lipinski definition) is 4. The van der Waals surface area contributed by atoms with E-state index >= 15 is 0 Å². The average molecular weight is 789 g/mol. The fraction of sp³-hybridized carbons (Fsp3) is 0.0488. The van der Waals surface area contributed by atoms with Gasteiger partial charge in [0.05, 0.1) is 0 Å². The predicted octanol–water partition coefficient (Wildman–Crippen LogP) is 10.6. The second kappa shape index (κ2) is 16.0. The summed E-state index contributed by atoms with van der Waals surface area (Å²) in [5.41, 5.74) is 8.17. The van der Waals surface area contributed by atoms with Gasteiger partial charge in [-0.2, -0.15) is 11.3 Å². The summed E-state index contributed by atoms with van der Waals surface area (Å²) in [6.07, 6.45) is 1.82. The van der Waals surface area contributed by atoms with E-state index < -0.39 is 0 Å². The maximum absolute atomic E-state index is 4.41. The number of hydrogen-bond donors (Lipinski definition) is 0. The zero-order valence-corrected chi connectivity index (χ0v) is 28.7. The van der Waals surface area contributed by atoms with Crippen molar-refractivity contribution in [2.24, 2.45) is 0 Å². The van der Waals surface area contributed by atoms with Crippen LogP contribution in [0.4, 0.5) is 0 Å². The van der Waals surface area contributed by atoms with Crippen LogP contribution in [0.5, 0.6) is 0 Å². The first kappa shape index (κ1) is 32.6. The molecule has 46 heavy (non-hydrogen) atoms. The molecule has 8 rings (SSSR count). The largest absolute Gasteiger partial charge is 3.00 e. The summed E-state index contributed by atoms with van der Waals surface area (Å²) < 4.78 is 2.60. The van der Waals surface area contributed by atoms with Crippen molar-refractivity contribution in [3.8, 4) is 33.8 Å². The minimum atomic E-state index is 0. The average Bonchev–Trinajstić information content (AvgIpc) is 3.48. The van der Waals surface area contributed by atoms with Gasteiger partial charge in [0.15, 0.2) is 0 Å². The van der Waals surface area contributed by atoms with Crippen LogP contribution in [0.1, 0.15) is 11.4 Å². The third-order valence-electron chi connectivity index (χ3n) is 7.00. The van der Waals surface area contributed by atoms with Crippen molar-refractivity contribution < 1.29 is 20.1 Å². The van der Waals surface area contributed by atoms with Crippen LogP contribution in [0.15, 0.2) is 146 Å². The van der Waals surface area contributed by atoms with Crippen LogP contribution in [0.3, 0.4) is 0 Å². The minimum Gasteiger partial charge on any atom is -0.305 e. The van der Waals surface area contributed by atoms with Crippen molar-refractivity contribution >= 4 is 31.5 Å². The molecule has 0 saturated heterocycles. The Balaban J connectivity index is 0.000000139. The minimum absolute atomic E-state index is 0. The van der Waals surface area contributed by atoms with Gasteiger partial charge in [0.25, 0.3) is 0 Å². The molecule has 3 nitrogen and oxygen atoms in total. The first-order valence-corrected chi connectivity index (χ1v) is 15.5. The molecule has 4 aromatic carbocycles. The topological polar surface area (TPSA) is 38.7 Å². The third-order valence-corrected chi connectivity index (χ3v) is 8.13. The molecule has 0 saturated carbocycles. The predicted molar refractivity (Wildman–Crippen MR) is 188 cm³/mol. The molecule has 0 fully saturated rings. The number of aryl methyl sites for hydroxylation is 2. The third kappa shape index (κ3) is 8.26. The molecule has 0 N–H and O–H groups in total. The van der Waals surface area contributed by atoms with E-state index in [9.17, 15) is 0 Å². The number of aromatic nitrogens is 3. The van der Waals surface area contributed by atoms with Crippen LogP contribution in [-0.2, 0) is 20.1 Å². The van der Waals surface area contributed by atoms with Gasteiger partial charge in [-0.3, -0.25) is 0 Å². The van der Waals surface area contributed by atoms with Gasteiger partial charge < -0.3 is 15.0 Å². The Morgan fingerprint density at radius 1 is 0.500 bits per heavy atom. The second-order valence-electron chi connectivity index (χ2n) is 10.3. The fourth-order valence-corrected chi connectivity index (χ4v) is 5.90. The van der Waals surface area contributed by atoms with Crippen LogP contribution >= 0.6 is 11.3 Å². The Hall–Kier alpha value is -4.80. The van der Waals surface area contributed by atoms with E-state index in [0.29, 0.717) is 0 Å². The van der Waals surface area contributed by atoms with Crippen LogP contribution in [0, 0.1) is 32.0 Å². The van der Waals surface area contributed by atoms with Gasteiger partial charge in [-0.1, -0.05) is 60.0 Å². The van der Waals surface area contributed by atoms with E-state index in [0.717, 1.165) is 45.2 Å². The molecule has 0 aliphatic rings. The van der Waals surface area contributed by atoms with E-state index in [-0.39, 0.29) is 20.1 Å². The monoisotopic (exact) mass is 789 g/mol. The first-order chi connectivity index (χ1) is 22.1. The molecule has 0 amide bonds. The molecule has 0 radical (unpaired) electrons. The number of fused-ring (bicyclic) bond motifs is 3. The molecule has 4 heterocycles. The Labute approximate surface area is 288 Å². The summed E-state index contributed by atoms with van der Waals surface area (Å²) >= 11 is 1.81. The molecule has 5 heteroatoms. The Bertz CT molecular complexity index is 2050. The quantitative estimate of drug-likeness (QED) is 0.167. The molecule has 0 bridgehead atoms. The van der Waals surface area contributed by atoms with Crippen molar-refractivity contribution in [2.75, 3.05) is 0 Å². The number of rotatable bonds is 3. The van der Waals surface area contributed by atoms with Crippen LogP contribution in [0.2, 0.25) is 0 Å². The summed E-state index contributed by atoms with van der Waals surface area (Å²) in [5, 5.41) is 2.61. The normalized spacial score (nSPS) is 10.2. The van der Waals surface area contributed by atoms with Crippen LogP contribution < -0.4 is 0 Å². The molecule has 0 aliphatic heterocycles. The number of pyridine rings is 3. The van der Waals surface area contributed by atoms with Gasteiger partial charge in [0.1, 0.15) is 0 Å². The van der Waals surface area contributed by atoms with Gasteiger partial charge in [0.2, 0.25) is 0 Å². The van der Waals surface area contributed by atoms with Crippen molar-refractivity contribution in [1.82, 2.24) is 15.0 Å². The van der Waals surface area contributed by atoms with Gasteiger partial charge >= 0.3 is 20.1 Å². The van der Waals surface area contributed by atoms with E-state index in [1.165, 1.54) is 20.2 Å². The number of benzene rings is 4. The first-order valence-electron chi connectivity index (χ1n) is 14.7. The molecule has 0 aliphatic carbocycles. The molecule has 0 spiro atoms. The maximum atomic E-state index is 4.41. The second-order valence-corrected chi connectivity index (χ2v) is 11.4. The van der Waals surface area contributed by atoms with Crippen molar-refractivity contribution in [1.29, 1.82) is 0 Å². The zero-order chi connectivity index (χ0) is 30.8. The fourth-order valence-electron chi connectivity index (χ4n) is 4.83. The standard InChI is InChI=1S/C17H10NS.2C12H10N.Ir/c1-2-7-16-13(5-1)14-11-12(8-9-17(14)19-16)15-6-3-4-10-18-15;2*1-10-6-5-9-12(13-10)11-7-3-2-4-8-11;/h1-7,9-11H;2*2-7,9H,1H3;/q3*-1;+3. The molecule has 8 aromatic rings. The summed E-state index contributed by atoms with van der Waals surface area (Å²) in [5.74, 6) is 0. The maximum Gasteiger partial charge on any atom is 3.00 e. The zero-order valence-electron chi connectivity index (χ0n) is 25.4. The van der Waals surface area contributed by atoms with E-state index in [1.54, 1.807) is 0 Å². The molecule has 4 aromatic heterocycles. The van der Waals surface area contributed by atoms with Crippen LogP contribution in [-0.4, -0.2) is 15.0 Å². The van der Waals surface area contributed by atoms with E-state index in [1.807, 2.05) is 135 Å². The van der Waals surface area contributed by atoms with Gasteiger partial charge in [-0.15, -0.1) is 95.6 Å². The number of nitrogens with zero attached hydrogens (tertiary/aromatic N) is 3. The molecule has 224 valence electrons. The summed E-state index contributed by atoms with van der Waals surface area (Å²) in [6, 6.07) is 56.1. The van der Waals surface area contributed by atoms with Gasteiger partial charge in [-0.05, 0) is 65.3 Å². The Morgan fingerprint density at radius 2 is 1.09 bits per heavy atom. The van der Waals surface area contributed by atoms with Crippen molar-refractivity contribution in [3.63, 3.8) is 0 Å². The van der Waals surface area contributed by atoms with E-state index in [4.69, 9.17) is 0 Å². The molecular formula is C41H30IrN3S. The Kier molecular flexibility index (Phi) is 11.3. The van der Waals surface area contributed by atoms with Crippen molar-refractivity contribution in [2.45, 2.75) is 13.8 Å². The SMILES string of the molecule is Cc1cccc(-c2[c-]cccc2)n1.Cc1cccc(-c2[c-]cccc2)n1.[Ir+3].[c-]1cc2sc3ccccc3c2cc1-c1ccccn1. The molecule has 0 unspecified atom stereocenters. The Morgan fingerprint density at radius 3 is 1.65 bits per heavy atom. The van der Waals surface area contributed by atoms with E-state index in [2.05, 4.69) is 69.5 Å². The van der Waals surface area contributed by atoms with Gasteiger partial charge in [-0.25, -0.2) is 0 Å².